The van der Waals surface area contributed by atoms with Crippen molar-refractivity contribution in [2.45, 2.75) is 46.5 Å². The highest BCUT2D eigenvalue weighted by Gasteiger charge is 2.37. The smallest absolute Gasteiger partial charge is 0.311 e. The summed E-state index contributed by atoms with van der Waals surface area (Å²) in [5.41, 5.74) is 4.65. The van der Waals surface area contributed by atoms with Gasteiger partial charge < -0.3 is 15.0 Å². The molecule has 1 atom stereocenters. The zero-order chi connectivity index (χ0) is 22.5. The van der Waals surface area contributed by atoms with Crippen LogP contribution >= 0.6 is 0 Å². The lowest BCUT2D eigenvalue weighted by Crippen LogP contribution is -2.29. The van der Waals surface area contributed by atoms with Crippen molar-refractivity contribution in [2.75, 3.05) is 23.4 Å². The highest BCUT2D eigenvalue weighted by Crippen LogP contribution is 2.29. The van der Waals surface area contributed by atoms with E-state index in [0.717, 1.165) is 34.5 Å². The molecule has 0 bridgehead atoms. The van der Waals surface area contributed by atoms with Crippen molar-refractivity contribution >= 4 is 29.2 Å². The van der Waals surface area contributed by atoms with Gasteiger partial charge in [-0.2, -0.15) is 0 Å². The van der Waals surface area contributed by atoms with Crippen LogP contribution in [0.2, 0.25) is 0 Å². The Bertz CT molecular complexity index is 983. The Kier molecular flexibility index (Phi) is 7.10. The predicted molar refractivity (Wildman–Crippen MR) is 121 cm³/mol. The van der Waals surface area contributed by atoms with E-state index >= 15 is 0 Å². The summed E-state index contributed by atoms with van der Waals surface area (Å²) in [6.45, 7) is 7.98. The molecule has 1 fully saturated rings. The number of benzene rings is 2. The van der Waals surface area contributed by atoms with Gasteiger partial charge in [-0.1, -0.05) is 57.2 Å². The second kappa shape index (κ2) is 9.77. The molecule has 1 heterocycles. The van der Waals surface area contributed by atoms with Gasteiger partial charge in [0.05, 0.1) is 5.92 Å². The number of amides is 2. The summed E-state index contributed by atoms with van der Waals surface area (Å²) in [4.78, 5) is 39.1. The monoisotopic (exact) mass is 422 g/mol. The number of nitrogens with one attached hydrogen (secondary N) is 1. The SMILES string of the molecule is CCc1ccccc1N1C[C@@H](C(=O)OCC(=O)Nc2c(C)cccc2C(C)C)CC1=O. The highest BCUT2D eigenvalue weighted by molar-refractivity contribution is 6.00. The molecule has 0 saturated carbocycles. The van der Waals surface area contributed by atoms with Gasteiger partial charge in [-0.05, 0) is 42.0 Å². The molecule has 6 heteroatoms. The minimum atomic E-state index is -0.574. The molecule has 2 amide bonds. The first-order chi connectivity index (χ1) is 14.8. The van der Waals surface area contributed by atoms with Crippen molar-refractivity contribution in [1.82, 2.24) is 0 Å². The number of carbonyl (C=O) groups is 3. The fourth-order valence-corrected chi connectivity index (χ4v) is 3.94. The van der Waals surface area contributed by atoms with Gasteiger partial charge in [0.15, 0.2) is 6.61 Å². The minimum absolute atomic E-state index is 0.0911. The molecule has 0 radical (unpaired) electrons. The summed E-state index contributed by atoms with van der Waals surface area (Å²) < 4.78 is 5.26. The molecule has 1 aliphatic rings. The molecule has 1 aliphatic heterocycles. The normalized spacial score (nSPS) is 16.0. The van der Waals surface area contributed by atoms with Gasteiger partial charge in [-0.15, -0.1) is 0 Å². The van der Waals surface area contributed by atoms with Crippen molar-refractivity contribution in [3.05, 3.63) is 59.2 Å². The van der Waals surface area contributed by atoms with Crippen LogP contribution in [0.1, 0.15) is 49.8 Å². The topological polar surface area (TPSA) is 75.7 Å². The van der Waals surface area contributed by atoms with Gasteiger partial charge in [-0.3, -0.25) is 14.4 Å². The van der Waals surface area contributed by atoms with Crippen LogP contribution in [0.3, 0.4) is 0 Å². The summed E-state index contributed by atoms with van der Waals surface area (Å²) in [5.74, 6) is -1.33. The number of para-hydroxylation sites is 2. The number of hydrogen-bond acceptors (Lipinski definition) is 4. The van der Waals surface area contributed by atoms with Crippen LogP contribution in [0.4, 0.5) is 11.4 Å². The number of nitrogens with zero attached hydrogens (tertiary/aromatic N) is 1. The van der Waals surface area contributed by atoms with E-state index < -0.39 is 11.9 Å². The number of hydrogen-bond donors (Lipinski definition) is 1. The summed E-state index contributed by atoms with van der Waals surface area (Å²) in [6.07, 6.45) is 0.889. The van der Waals surface area contributed by atoms with Gasteiger partial charge in [0.2, 0.25) is 5.91 Å². The average Bonchev–Trinajstić information content (AvgIpc) is 3.14. The van der Waals surface area contributed by atoms with E-state index in [-0.39, 0.29) is 37.3 Å². The highest BCUT2D eigenvalue weighted by atomic mass is 16.5. The molecule has 31 heavy (non-hydrogen) atoms. The second-order valence-electron chi connectivity index (χ2n) is 8.24. The summed E-state index contributed by atoms with van der Waals surface area (Å²) >= 11 is 0. The number of ether oxygens (including phenoxy) is 1. The van der Waals surface area contributed by atoms with Crippen LogP contribution < -0.4 is 10.2 Å². The molecule has 6 nitrogen and oxygen atoms in total. The van der Waals surface area contributed by atoms with Gasteiger partial charge in [0.1, 0.15) is 0 Å². The Morgan fingerprint density at radius 3 is 2.61 bits per heavy atom. The van der Waals surface area contributed by atoms with Crippen LogP contribution in [0.15, 0.2) is 42.5 Å². The first-order valence-electron chi connectivity index (χ1n) is 10.8. The number of esters is 1. The Labute approximate surface area is 183 Å². The Morgan fingerprint density at radius 1 is 1.16 bits per heavy atom. The second-order valence-corrected chi connectivity index (χ2v) is 8.24. The molecule has 2 aromatic carbocycles. The van der Waals surface area contributed by atoms with Crippen LogP contribution in [-0.2, 0) is 25.5 Å². The Morgan fingerprint density at radius 2 is 1.90 bits per heavy atom. The van der Waals surface area contributed by atoms with E-state index in [4.69, 9.17) is 4.74 Å². The lowest BCUT2D eigenvalue weighted by Gasteiger charge is -2.20. The van der Waals surface area contributed by atoms with Crippen molar-refractivity contribution in [2.24, 2.45) is 5.92 Å². The quantitative estimate of drug-likeness (QED) is 0.678. The third-order valence-corrected chi connectivity index (χ3v) is 5.66. The van der Waals surface area contributed by atoms with Crippen molar-refractivity contribution in [1.29, 1.82) is 0 Å². The van der Waals surface area contributed by atoms with Gasteiger partial charge >= 0.3 is 5.97 Å². The fourth-order valence-electron chi connectivity index (χ4n) is 3.94. The first-order valence-corrected chi connectivity index (χ1v) is 10.8. The third-order valence-electron chi connectivity index (χ3n) is 5.66. The molecular formula is C25H30N2O4. The van der Waals surface area contributed by atoms with E-state index in [1.807, 2.05) is 56.3 Å². The Balaban J connectivity index is 1.59. The molecule has 0 aliphatic carbocycles. The Hall–Kier alpha value is -3.15. The van der Waals surface area contributed by atoms with E-state index in [0.29, 0.717) is 0 Å². The number of anilines is 2. The summed E-state index contributed by atoms with van der Waals surface area (Å²) in [5, 5.41) is 2.87. The lowest BCUT2D eigenvalue weighted by atomic mass is 9.98. The molecule has 3 rings (SSSR count). The molecule has 0 spiro atoms. The van der Waals surface area contributed by atoms with Crippen molar-refractivity contribution < 1.29 is 19.1 Å². The molecule has 0 aromatic heterocycles. The molecule has 1 N–H and O–H groups in total. The zero-order valence-electron chi connectivity index (χ0n) is 18.6. The standard InChI is InChI=1S/C25H30N2O4/c1-5-18-10-6-7-12-21(18)27-14-19(13-23(27)29)25(30)31-15-22(28)26-24-17(4)9-8-11-20(24)16(2)3/h6-12,16,19H,5,13-15H2,1-4H3,(H,26,28)/t19-/m0/s1. The van der Waals surface area contributed by atoms with Gasteiger partial charge in [-0.25, -0.2) is 0 Å². The van der Waals surface area contributed by atoms with Crippen LogP contribution in [0.25, 0.3) is 0 Å². The maximum atomic E-state index is 12.5. The van der Waals surface area contributed by atoms with Crippen LogP contribution in [0.5, 0.6) is 0 Å². The summed E-state index contributed by atoms with van der Waals surface area (Å²) in [7, 11) is 0. The summed E-state index contributed by atoms with van der Waals surface area (Å²) in [6, 6.07) is 13.6. The maximum Gasteiger partial charge on any atom is 0.311 e. The third kappa shape index (κ3) is 5.13. The van der Waals surface area contributed by atoms with E-state index in [2.05, 4.69) is 19.2 Å². The predicted octanol–water partition coefficient (Wildman–Crippen LogP) is 4.22. The van der Waals surface area contributed by atoms with Gasteiger partial charge in [0, 0.05) is 24.3 Å². The van der Waals surface area contributed by atoms with E-state index in [1.165, 1.54) is 0 Å². The maximum absolute atomic E-state index is 12.5. The number of aryl methyl sites for hydroxylation is 2. The molecular weight excluding hydrogens is 392 g/mol. The fraction of sp³-hybridized carbons (Fsp3) is 0.400. The van der Waals surface area contributed by atoms with Crippen LogP contribution in [0, 0.1) is 12.8 Å². The molecule has 1 saturated heterocycles. The molecule has 2 aromatic rings. The largest absolute Gasteiger partial charge is 0.455 e. The van der Waals surface area contributed by atoms with E-state index in [9.17, 15) is 14.4 Å². The zero-order valence-corrected chi connectivity index (χ0v) is 18.6. The minimum Gasteiger partial charge on any atom is -0.455 e. The van der Waals surface area contributed by atoms with E-state index in [1.54, 1.807) is 4.90 Å². The van der Waals surface area contributed by atoms with Gasteiger partial charge in [0.25, 0.3) is 5.91 Å². The number of carbonyl (C=O) groups excluding carboxylic acids is 3. The number of rotatable bonds is 7. The van der Waals surface area contributed by atoms with Crippen LogP contribution in [-0.4, -0.2) is 30.9 Å². The first kappa shape index (κ1) is 22.5. The molecule has 164 valence electrons. The lowest BCUT2D eigenvalue weighted by molar-refractivity contribution is -0.151. The molecule has 0 unspecified atom stereocenters. The van der Waals surface area contributed by atoms with Crippen molar-refractivity contribution in [3.8, 4) is 0 Å². The average molecular weight is 423 g/mol. The van der Waals surface area contributed by atoms with Crippen molar-refractivity contribution in [3.63, 3.8) is 0 Å².